The summed E-state index contributed by atoms with van der Waals surface area (Å²) in [5.74, 6) is 1.38. The van der Waals surface area contributed by atoms with Crippen LogP contribution in [0, 0.1) is 11.8 Å². The standard InChI is InChI=1S/C22H29NO4/c24-13-15-5-7-16(8-6-15)14-26-21-12-18(17-9-10-17)11-20(27-21)22(25)23-19-3-1-2-4-19/h5-8,11,17-19,21,24H,1-4,9-10,12-14H2,(H,23,25)/t18-,21+/m0/s1. The molecule has 2 aliphatic carbocycles. The summed E-state index contributed by atoms with van der Waals surface area (Å²) in [6.07, 6.45) is 9.41. The van der Waals surface area contributed by atoms with E-state index in [-0.39, 0.29) is 24.8 Å². The van der Waals surface area contributed by atoms with Gasteiger partial charge in [0.2, 0.25) is 6.29 Å². The molecule has 27 heavy (non-hydrogen) atoms. The lowest BCUT2D eigenvalue weighted by Crippen LogP contribution is -2.37. The SMILES string of the molecule is O=C(NC1CCCC1)C1=C[C@H](C2CC2)C[C@H](OCc2ccc(CO)cc2)O1. The largest absolute Gasteiger partial charge is 0.459 e. The van der Waals surface area contributed by atoms with E-state index in [1.165, 1.54) is 25.7 Å². The van der Waals surface area contributed by atoms with Crippen LogP contribution in [0.5, 0.6) is 0 Å². The highest BCUT2D eigenvalue weighted by Crippen LogP contribution is 2.42. The molecule has 5 nitrogen and oxygen atoms in total. The maximum Gasteiger partial charge on any atom is 0.286 e. The second kappa shape index (κ2) is 8.44. The number of hydrogen-bond acceptors (Lipinski definition) is 4. The van der Waals surface area contributed by atoms with Crippen LogP contribution in [0.3, 0.4) is 0 Å². The highest BCUT2D eigenvalue weighted by atomic mass is 16.7. The minimum atomic E-state index is -0.387. The third-order valence-corrected chi connectivity index (χ3v) is 5.87. The van der Waals surface area contributed by atoms with Crippen molar-refractivity contribution in [2.24, 2.45) is 11.8 Å². The monoisotopic (exact) mass is 371 g/mol. The third-order valence-electron chi connectivity index (χ3n) is 5.87. The average molecular weight is 371 g/mol. The van der Waals surface area contributed by atoms with Gasteiger partial charge < -0.3 is 19.9 Å². The Bertz CT molecular complexity index is 674. The van der Waals surface area contributed by atoms with Crippen LogP contribution >= 0.6 is 0 Å². The smallest absolute Gasteiger partial charge is 0.286 e. The summed E-state index contributed by atoms with van der Waals surface area (Å²) in [6.45, 7) is 0.478. The van der Waals surface area contributed by atoms with E-state index in [2.05, 4.69) is 5.32 Å². The van der Waals surface area contributed by atoms with Gasteiger partial charge in [0.25, 0.3) is 5.91 Å². The topological polar surface area (TPSA) is 67.8 Å². The number of amides is 1. The Morgan fingerprint density at radius 1 is 1.11 bits per heavy atom. The van der Waals surface area contributed by atoms with E-state index in [0.29, 0.717) is 24.2 Å². The summed E-state index contributed by atoms with van der Waals surface area (Å²) in [5, 5.41) is 12.3. The molecule has 0 unspecified atom stereocenters. The molecule has 3 aliphatic rings. The zero-order valence-electron chi connectivity index (χ0n) is 15.7. The maximum absolute atomic E-state index is 12.6. The van der Waals surface area contributed by atoms with Crippen LogP contribution in [0.1, 0.15) is 56.1 Å². The number of nitrogens with one attached hydrogen (secondary N) is 1. The van der Waals surface area contributed by atoms with Crippen molar-refractivity contribution in [3.63, 3.8) is 0 Å². The zero-order valence-corrected chi connectivity index (χ0v) is 15.7. The Labute approximate surface area is 160 Å². The predicted molar refractivity (Wildman–Crippen MR) is 101 cm³/mol. The summed E-state index contributed by atoms with van der Waals surface area (Å²) in [7, 11) is 0. The van der Waals surface area contributed by atoms with Crippen molar-refractivity contribution >= 4 is 5.91 Å². The lowest BCUT2D eigenvalue weighted by molar-refractivity contribution is -0.154. The van der Waals surface area contributed by atoms with Gasteiger partial charge in [0.1, 0.15) is 0 Å². The lowest BCUT2D eigenvalue weighted by atomic mass is 9.96. The minimum Gasteiger partial charge on any atom is -0.459 e. The molecule has 0 saturated heterocycles. The molecule has 0 bridgehead atoms. The van der Waals surface area contributed by atoms with Gasteiger partial charge in [-0.2, -0.15) is 0 Å². The first-order chi connectivity index (χ1) is 13.2. The molecule has 2 atom stereocenters. The van der Waals surface area contributed by atoms with Gasteiger partial charge in [-0.15, -0.1) is 0 Å². The van der Waals surface area contributed by atoms with Gasteiger partial charge in [-0.25, -0.2) is 0 Å². The second-order valence-corrected chi connectivity index (χ2v) is 8.06. The number of ether oxygens (including phenoxy) is 2. The van der Waals surface area contributed by atoms with Crippen LogP contribution in [-0.4, -0.2) is 23.3 Å². The molecule has 4 rings (SSSR count). The minimum absolute atomic E-state index is 0.0419. The summed E-state index contributed by atoms with van der Waals surface area (Å²) >= 11 is 0. The van der Waals surface area contributed by atoms with Crippen molar-refractivity contribution in [3.8, 4) is 0 Å². The molecule has 1 amide bonds. The van der Waals surface area contributed by atoms with Crippen molar-refractivity contribution in [1.29, 1.82) is 0 Å². The molecule has 1 aliphatic heterocycles. The molecule has 5 heteroatoms. The molecule has 146 valence electrons. The molecule has 1 heterocycles. The summed E-state index contributed by atoms with van der Waals surface area (Å²) < 4.78 is 11.9. The molecule has 0 aromatic heterocycles. The number of aliphatic hydroxyl groups excluding tert-OH is 1. The summed E-state index contributed by atoms with van der Waals surface area (Å²) in [4.78, 5) is 12.6. The van der Waals surface area contributed by atoms with E-state index in [9.17, 15) is 4.79 Å². The molecular formula is C22H29NO4. The highest BCUT2D eigenvalue weighted by molar-refractivity contribution is 5.91. The number of rotatable bonds is 7. The fourth-order valence-corrected chi connectivity index (χ4v) is 4.05. The molecule has 2 saturated carbocycles. The Morgan fingerprint density at radius 2 is 1.81 bits per heavy atom. The number of benzene rings is 1. The van der Waals surface area contributed by atoms with Gasteiger partial charge >= 0.3 is 0 Å². The van der Waals surface area contributed by atoms with Crippen molar-refractivity contribution in [3.05, 3.63) is 47.2 Å². The summed E-state index contributed by atoms with van der Waals surface area (Å²) in [6, 6.07) is 7.99. The third kappa shape index (κ3) is 4.90. The lowest BCUT2D eigenvalue weighted by Gasteiger charge is -2.29. The zero-order chi connectivity index (χ0) is 18.6. The Kier molecular flexibility index (Phi) is 5.79. The van der Waals surface area contributed by atoms with Crippen LogP contribution in [-0.2, 0) is 27.5 Å². The number of carbonyl (C=O) groups excluding carboxylic acids is 1. The van der Waals surface area contributed by atoms with Gasteiger partial charge in [-0.3, -0.25) is 4.79 Å². The summed E-state index contributed by atoms with van der Waals surface area (Å²) in [5.41, 5.74) is 1.92. The van der Waals surface area contributed by atoms with E-state index < -0.39 is 0 Å². The van der Waals surface area contributed by atoms with Crippen LogP contribution in [0.2, 0.25) is 0 Å². The van der Waals surface area contributed by atoms with Crippen molar-refractivity contribution in [2.45, 2.75) is 70.5 Å². The second-order valence-electron chi connectivity index (χ2n) is 8.06. The van der Waals surface area contributed by atoms with Gasteiger partial charge in [-0.05, 0) is 54.7 Å². The fraction of sp³-hybridized carbons (Fsp3) is 0.591. The first-order valence-corrected chi connectivity index (χ1v) is 10.2. The first kappa shape index (κ1) is 18.5. The number of allylic oxidation sites excluding steroid dienone is 1. The van der Waals surface area contributed by atoms with Gasteiger partial charge in [-0.1, -0.05) is 37.1 Å². The molecule has 2 fully saturated rings. The van der Waals surface area contributed by atoms with Crippen LogP contribution < -0.4 is 5.32 Å². The predicted octanol–water partition coefficient (Wildman–Crippen LogP) is 3.41. The normalized spacial score (nSPS) is 25.7. The van der Waals surface area contributed by atoms with E-state index in [1.807, 2.05) is 30.3 Å². The molecule has 1 aromatic carbocycles. The highest BCUT2D eigenvalue weighted by Gasteiger charge is 2.37. The number of hydrogen-bond donors (Lipinski definition) is 2. The van der Waals surface area contributed by atoms with Crippen LogP contribution in [0.4, 0.5) is 0 Å². The molecule has 1 aromatic rings. The average Bonchev–Trinajstić information content (AvgIpc) is 3.44. The first-order valence-electron chi connectivity index (χ1n) is 10.2. The van der Waals surface area contributed by atoms with Crippen molar-refractivity contribution in [2.75, 3.05) is 0 Å². The fourth-order valence-electron chi connectivity index (χ4n) is 4.05. The quantitative estimate of drug-likeness (QED) is 0.771. The van der Waals surface area contributed by atoms with Crippen molar-refractivity contribution in [1.82, 2.24) is 5.32 Å². The van der Waals surface area contributed by atoms with Gasteiger partial charge in [0.15, 0.2) is 5.76 Å². The van der Waals surface area contributed by atoms with E-state index >= 15 is 0 Å². The van der Waals surface area contributed by atoms with Gasteiger partial charge in [0.05, 0.1) is 13.2 Å². The molecule has 0 radical (unpaired) electrons. The van der Waals surface area contributed by atoms with Crippen molar-refractivity contribution < 1.29 is 19.4 Å². The maximum atomic E-state index is 12.6. The van der Waals surface area contributed by atoms with E-state index in [0.717, 1.165) is 30.4 Å². The Balaban J connectivity index is 1.36. The van der Waals surface area contributed by atoms with E-state index in [4.69, 9.17) is 14.6 Å². The molecular weight excluding hydrogens is 342 g/mol. The Morgan fingerprint density at radius 3 is 2.48 bits per heavy atom. The van der Waals surface area contributed by atoms with Gasteiger partial charge in [0, 0.05) is 12.5 Å². The number of aliphatic hydroxyl groups is 1. The van der Waals surface area contributed by atoms with Crippen LogP contribution in [0.15, 0.2) is 36.1 Å². The Hall–Kier alpha value is -1.85. The van der Waals surface area contributed by atoms with Crippen LogP contribution in [0.25, 0.3) is 0 Å². The molecule has 0 spiro atoms. The number of carbonyl (C=O) groups is 1. The molecule has 2 N–H and O–H groups in total. The van der Waals surface area contributed by atoms with E-state index in [1.54, 1.807) is 0 Å².